The molecule has 2 fully saturated rings. The predicted octanol–water partition coefficient (Wildman–Crippen LogP) is 2.51. The molecule has 0 amide bonds. The van der Waals surface area contributed by atoms with Gasteiger partial charge in [0.15, 0.2) is 0 Å². The first-order valence-electron chi connectivity index (χ1n) is 9.80. The second-order valence-electron chi connectivity index (χ2n) is 7.10. The Morgan fingerprint density at radius 2 is 1.19 bits per heavy atom. The van der Waals surface area contributed by atoms with E-state index in [-0.39, 0.29) is 0 Å². The van der Waals surface area contributed by atoms with Crippen molar-refractivity contribution in [2.75, 3.05) is 26.2 Å². The Bertz CT molecular complexity index is 577. The van der Waals surface area contributed by atoms with Gasteiger partial charge in [-0.2, -0.15) is 10.2 Å². The summed E-state index contributed by atoms with van der Waals surface area (Å²) in [6, 6.07) is 5.99. The monoisotopic (exact) mass is 357 g/mol. The van der Waals surface area contributed by atoms with E-state index in [0.29, 0.717) is 0 Å². The van der Waals surface area contributed by atoms with Crippen molar-refractivity contribution in [1.29, 1.82) is 0 Å². The SMILES string of the molecule is CC(=NNN1CCCCC1)c1cccc(C(C)=NNN2CCCCC2)n1. The molecule has 1 aromatic heterocycles. The molecule has 0 spiro atoms. The van der Waals surface area contributed by atoms with Gasteiger partial charge in [-0.1, -0.05) is 18.9 Å². The van der Waals surface area contributed by atoms with Crippen molar-refractivity contribution < 1.29 is 0 Å². The van der Waals surface area contributed by atoms with E-state index < -0.39 is 0 Å². The van der Waals surface area contributed by atoms with Gasteiger partial charge >= 0.3 is 0 Å². The molecule has 2 aliphatic heterocycles. The molecule has 0 radical (unpaired) electrons. The van der Waals surface area contributed by atoms with Gasteiger partial charge in [-0.3, -0.25) is 0 Å². The molecule has 3 heterocycles. The lowest BCUT2D eigenvalue weighted by Crippen LogP contribution is -2.39. The van der Waals surface area contributed by atoms with E-state index in [0.717, 1.165) is 49.0 Å². The number of hydrazine groups is 2. The summed E-state index contributed by atoms with van der Waals surface area (Å²) in [6.45, 7) is 8.19. The fraction of sp³-hybridized carbons (Fsp3) is 0.632. The molecular formula is C19H31N7. The van der Waals surface area contributed by atoms with Crippen molar-refractivity contribution in [2.24, 2.45) is 10.2 Å². The van der Waals surface area contributed by atoms with Gasteiger partial charge in [-0.15, -0.1) is 0 Å². The van der Waals surface area contributed by atoms with Gasteiger partial charge < -0.3 is 0 Å². The van der Waals surface area contributed by atoms with Crippen LogP contribution in [0.5, 0.6) is 0 Å². The van der Waals surface area contributed by atoms with Gasteiger partial charge in [0, 0.05) is 26.2 Å². The van der Waals surface area contributed by atoms with Gasteiger partial charge in [0.05, 0.1) is 22.8 Å². The minimum absolute atomic E-state index is 0.875. The Morgan fingerprint density at radius 1 is 0.769 bits per heavy atom. The van der Waals surface area contributed by atoms with Crippen LogP contribution in [0.15, 0.2) is 28.4 Å². The first kappa shape index (κ1) is 18.8. The van der Waals surface area contributed by atoms with Crippen molar-refractivity contribution >= 4 is 11.4 Å². The molecule has 0 unspecified atom stereocenters. The van der Waals surface area contributed by atoms with Crippen molar-refractivity contribution in [3.8, 4) is 0 Å². The molecule has 7 nitrogen and oxygen atoms in total. The summed E-state index contributed by atoms with van der Waals surface area (Å²) in [5.41, 5.74) is 9.85. The van der Waals surface area contributed by atoms with Crippen molar-refractivity contribution in [1.82, 2.24) is 26.1 Å². The van der Waals surface area contributed by atoms with Gasteiger partial charge in [-0.25, -0.2) is 26.1 Å². The van der Waals surface area contributed by atoms with Crippen LogP contribution < -0.4 is 11.1 Å². The van der Waals surface area contributed by atoms with Gasteiger partial charge in [-0.05, 0) is 51.7 Å². The number of rotatable bonds is 6. The molecular weight excluding hydrogens is 326 g/mol. The van der Waals surface area contributed by atoms with E-state index in [4.69, 9.17) is 4.98 Å². The molecule has 2 aliphatic rings. The summed E-state index contributed by atoms with van der Waals surface area (Å²) in [7, 11) is 0. The predicted molar refractivity (Wildman–Crippen MR) is 106 cm³/mol. The van der Waals surface area contributed by atoms with E-state index in [9.17, 15) is 0 Å². The lowest BCUT2D eigenvalue weighted by molar-refractivity contribution is 0.158. The molecule has 0 aliphatic carbocycles. The fourth-order valence-electron chi connectivity index (χ4n) is 3.23. The molecule has 0 saturated carbocycles. The van der Waals surface area contributed by atoms with Gasteiger partial charge in [0.1, 0.15) is 0 Å². The lowest BCUT2D eigenvalue weighted by Gasteiger charge is -2.25. The largest absolute Gasteiger partial charge is 0.245 e. The van der Waals surface area contributed by atoms with Crippen molar-refractivity contribution in [3.63, 3.8) is 0 Å². The van der Waals surface area contributed by atoms with Crippen LogP contribution in [0, 0.1) is 0 Å². The van der Waals surface area contributed by atoms with Crippen molar-refractivity contribution in [2.45, 2.75) is 52.4 Å². The molecule has 2 saturated heterocycles. The van der Waals surface area contributed by atoms with E-state index in [1.54, 1.807) is 0 Å². The molecule has 7 heteroatoms. The number of nitrogens with one attached hydrogen (secondary N) is 2. The maximum Gasteiger partial charge on any atom is 0.0868 e. The number of piperidine rings is 2. The Labute approximate surface area is 156 Å². The van der Waals surface area contributed by atoms with E-state index >= 15 is 0 Å². The summed E-state index contributed by atoms with van der Waals surface area (Å²) >= 11 is 0. The summed E-state index contributed by atoms with van der Waals surface area (Å²) in [6.07, 6.45) is 7.55. The van der Waals surface area contributed by atoms with Gasteiger partial charge in [0.25, 0.3) is 0 Å². The minimum Gasteiger partial charge on any atom is -0.245 e. The zero-order valence-corrected chi connectivity index (χ0v) is 16.0. The zero-order valence-electron chi connectivity index (χ0n) is 16.0. The molecule has 2 N–H and O–H groups in total. The van der Waals surface area contributed by atoms with Crippen LogP contribution in [-0.4, -0.2) is 52.6 Å². The Morgan fingerprint density at radius 3 is 1.62 bits per heavy atom. The average Bonchev–Trinajstić information content (AvgIpc) is 2.72. The number of hydrazone groups is 2. The molecule has 0 bridgehead atoms. The number of hydrogen-bond donors (Lipinski definition) is 2. The molecule has 0 atom stereocenters. The first-order valence-corrected chi connectivity index (χ1v) is 9.80. The fourth-order valence-corrected chi connectivity index (χ4v) is 3.23. The highest BCUT2D eigenvalue weighted by Gasteiger charge is 2.11. The van der Waals surface area contributed by atoms with Crippen LogP contribution in [0.3, 0.4) is 0 Å². The summed E-state index contributed by atoms with van der Waals surface area (Å²) in [5, 5.41) is 13.4. The number of aromatic nitrogens is 1. The highest BCUT2D eigenvalue weighted by molar-refractivity contribution is 6.00. The lowest BCUT2D eigenvalue weighted by atomic mass is 10.2. The van der Waals surface area contributed by atoms with E-state index in [1.807, 2.05) is 32.0 Å². The van der Waals surface area contributed by atoms with Crippen LogP contribution in [-0.2, 0) is 0 Å². The van der Waals surface area contributed by atoms with Crippen LogP contribution >= 0.6 is 0 Å². The Kier molecular flexibility index (Phi) is 6.96. The maximum atomic E-state index is 4.72. The highest BCUT2D eigenvalue weighted by atomic mass is 15.7. The second-order valence-corrected chi connectivity index (χ2v) is 7.10. The summed E-state index contributed by atoms with van der Waals surface area (Å²) in [4.78, 5) is 4.72. The third kappa shape index (κ3) is 5.51. The maximum absolute atomic E-state index is 4.72. The summed E-state index contributed by atoms with van der Waals surface area (Å²) < 4.78 is 0. The third-order valence-corrected chi connectivity index (χ3v) is 4.92. The Balaban J connectivity index is 1.60. The molecule has 1 aromatic rings. The summed E-state index contributed by atoms with van der Waals surface area (Å²) in [5.74, 6) is 0. The minimum atomic E-state index is 0.875. The molecule has 26 heavy (non-hydrogen) atoms. The zero-order chi connectivity index (χ0) is 18.2. The van der Waals surface area contributed by atoms with Crippen LogP contribution in [0.25, 0.3) is 0 Å². The molecule has 3 rings (SSSR count). The van der Waals surface area contributed by atoms with Crippen molar-refractivity contribution in [3.05, 3.63) is 29.6 Å². The number of nitrogens with zero attached hydrogens (tertiary/aromatic N) is 5. The Hall–Kier alpha value is -1.99. The van der Waals surface area contributed by atoms with Gasteiger partial charge in [0.2, 0.25) is 0 Å². The second kappa shape index (κ2) is 9.64. The standard InChI is InChI=1S/C19H31N7/c1-16(21-23-25-12-5-3-6-13-25)18-10-9-11-19(20-18)17(2)22-24-26-14-7-4-8-15-26/h9-11,23-24H,3-8,12-15H2,1-2H3. The van der Waals surface area contributed by atoms with Crippen LogP contribution in [0.4, 0.5) is 0 Å². The number of hydrogen-bond acceptors (Lipinski definition) is 7. The number of pyridine rings is 1. The topological polar surface area (TPSA) is 68.2 Å². The quantitative estimate of drug-likeness (QED) is 0.605. The normalized spacial score (nSPS) is 20.8. The third-order valence-electron chi connectivity index (χ3n) is 4.92. The van der Waals surface area contributed by atoms with E-state index in [2.05, 4.69) is 31.3 Å². The molecule has 142 valence electrons. The smallest absolute Gasteiger partial charge is 0.0868 e. The average molecular weight is 358 g/mol. The first-order chi connectivity index (χ1) is 12.7. The highest BCUT2D eigenvalue weighted by Crippen LogP contribution is 2.08. The van der Waals surface area contributed by atoms with E-state index in [1.165, 1.54) is 38.5 Å². The van der Waals surface area contributed by atoms with Crippen LogP contribution in [0.2, 0.25) is 0 Å². The molecule has 0 aromatic carbocycles. The van der Waals surface area contributed by atoms with Crippen LogP contribution in [0.1, 0.15) is 63.8 Å².